The Morgan fingerprint density at radius 3 is 2.25 bits per heavy atom. The van der Waals surface area contributed by atoms with Gasteiger partial charge in [-0.25, -0.2) is 0 Å². The van der Waals surface area contributed by atoms with Gasteiger partial charge >= 0.3 is 0 Å². The molecular weight excluding hydrogens is 502 g/mol. The first-order valence-electron chi connectivity index (χ1n) is 13.2. The number of hydrogen-bond acceptors (Lipinski definition) is 5. The molecule has 1 fully saturated rings. The number of amides is 2. The van der Waals surface area contributed by atoms with Gasteiger partial charge in [0.15, 0.2) is 0 Å². The van der Waals surface area contributed by atoms with Gasteiger partial charge in [0, 0.05) is 46.7 Å². The molecule has 4 aromatic carbocycles. The van der Waals surface area contributed by atoms with Crippen LogP contribution in [-0.2, 0) is 4.74 Å². The molecule has 1 aliphatic rings. The van der Waals surface area contributed by atoms with Gasteiger partial charge < -0.3 is 20.3 Å². The monoisotopic (exact) mass is 531 g/mol. The summed E-state index contributed by atoms with van der Waals surface area (Å²) in [7, 11) is 0. The Kier molecular flexibility index (Phi) is 6.99. The van der Waals surface area contributed by atoms with Gasteiger partial charge in [0.25, 0.3) is 11.8 Å². The van der Waals surface area contributed by atoms with Gasteiger partial charge in [0.2, 0.25) is 0 Å². The molecule has 0 aliphatic carbocycles. The Labute approximate surface area is 232 Å². The fourth-order valence-corrected chi connectivity index (χ4v) is 4.87. The SMILES string of the molecule is Cc1ccc(C(=O)Nc2ccc(N3CCOCC3)cc2)cc1-c1ccc(C(=O)Nc2ccc3cn[nH]c3c2)cc1. The summed E-state index contributed by atoms with van der Waals surface area (Å²) in [4.78, 5) is 28.2. The lowest BCUT2D eigenvalue weighted by atomic mass is 9.97. The summed E-state index contributed by atoms with van der Waals surface area (Å²) in [6, 6.07) is 26.6. The molecule has 0 saturated carbocycles. The molecule has 200 valence electrons. The lowest BCUT2D eigenvalue weighted by Crippen LogP contribution is -2.36. The van der Waals surface area contributed by atoms with E-state index in [0.717, 1.165) is 65.3 Å². The number of anilines is 3. The predicted molar refractivity (Wildman–Crippen MR) is 158 cm³/mol. The summed E-state index contributed by atoms with van der Waals surface area (Å²) in [5.41, 5.74) is 7.42. The third-order valence-electron chi connectivity index (χ3n) is 7.16. The van der Waals surface area contributed by atoms with E-state index in [1.165, 1.54) is 0 Å². The molecular formula is C32H29N5O3. The molecule has 1 saturated heterocycles. The summed E-state index contributed by atoms with van der Waals surface area (Å²) >= 11 is 0. The first kappa shape index (κ1) is 25.3. The number of rotatable bonds is 6. The molecule has 1 aliphatic heterocycles. The minimum absolute atomic E-state index is 0.175. The molecule has 8 heteroatoms. The average molecular weight is 532 g/mol. The molecule has 0 radical (unpaired) electrons. The number of H-pyrrole nitrogens is 1. The minimum atomic E-state index is -0.199. The fraction of sp³-hybridized carbons (Fsp3) is 0.156. The Hall–Kier alpha value is -4.95. The van der Waals surface area contributed by atoms with Gasteiger partial charge in [-0.05, 0) is 90.3 Å². The van der Waals surface area contributed by atoms with Crippen molar-refractivity contribution < 1.29 is 14.3 Å². The third kappa shape index (κ3) is 5.43. The number of benzene rings is 4. The van der Waals surface area contributed by atoms with E-state index in [0.29, 0.717) is 16.8 Å². The first-order chi connectivity index (χ1) is 19.5. The highest BCUT2D eigenvalue weighted by atomic mass is 16.5. The van der Waals surface area contributed by atoms with Gasteiger partial charge in [-0.2, -0.15) is 5.10 Å². The summed E-state index contributed by atoms with van der Waals surface area (Å²) in [5, 5.41) is 13.8. The van der Waals surface area contributed by atoms with E-state index in [1.54, 1.807) is 18.3 Å². The highest BCUT2D eigenvalue weighted by Crippen LogP contribution is 2.27. The van der Waals surface area contributed by atoms with Crippen molar-refractivity contribution in [2.24, 2.45) is 0 Å². The summed E-state index contributed by atoms with van der Waals surface area (Å²) in [5.74, 6) is -0.375. The van der Waals surface area contributed by atoms with E-state index in [4.69, 9.17) is 4.74 Å². The van der Waals surface area contributed by atoms with Gasteiger partial charge in [-0.15, -0.1) is 0 Å². The Morgan fingerprint density at radius 1 is 0.800 bits per heavy atom. The van der Waals surface area contributed by atoms with Crippen molar-refractivity contribution in [3.05, 3.63) is 108 Å². The molecule has 0 atom stereocenters. The molecule has 2 amide bonds. The van der Waals surface area contributed by atoms with Crippen LogP contribution in [0.1, 0.15) is 26.3 Å². The predicted octanol–water partition coefficient (Wildman–Crippen LogP) is 5.88. The molecule has 2 heterocycles. The van der Waals surface area contributed by atoms with Gasteiger partial charge in [-0.1, -0.05) is 18.2 Å². The molecule has 5 aromatic rings. The number of carbonyl (C=O) groups excluding carboxylic acids is 2. The van der Waals surface area contributed by atoms with E-state index in [-0.39, 0.29) is 11.8 Å². The largest absolute Gasteiger partial charge is 0.378 e. The van der Waals surface area contributed by atoms with Crippen LogP contribution in [0.2, 0.25) is 0 Å². The van der Waals surface area contributed by atoms with Crippen molar-refractivity contribution in [3.63, 3.8) is 0 Å². The van der Waals surface area contributed by atoms with Crippen LogP contribution in [0.5, 0.6) is 0 Å². The van der Waals surface area contributed by atoms with E-state index in [1.807, 2.05) is 79.7 Å². The van der Waals surface area contributed by atoms with Crippen molar-refractivity contribution in [3.8, 4) is 11.1 Å². The Bertz CT molecular complexity index is 1670. The maximum absolute atomic E-state index is 13.1. The van der Waals surface area contributed by atoms with E-state index >= 15 is 0 Å². The van der Waals surface area contributed by atoms with Crippen LogP contribution in [0, 0.1) is 6.92 Å². The van der Waals surface area contributed by atoms with Crippen LogP contribution in [-0.4, -0.2) is 48.3 Å². The van der Waals surface area contributed by atoms with Crippen molar-refractivity contribution in [1.29, 1.82) is 0 Å². The number of nitrogens with zero attached hydrogens (tertiary/aromatic N) is 2. The molecule has 3 N–H and O–H groups in total. The normalized spacial score (nSPS) is 13.3. The zero-order valence-corrected chi connectivity index (χ0v) is 22.1. The van der Waals surface area contributed by atoms with Crippen LogP contribution in [0.3, 0.4) is 0 Å². The lowest BCUT2D eigenvalue weighted by Gasteiger charge is -2.28. The number of carbonyl (C=O) groups is 2. The first-order valence-corrected chi connectivity index (χ1v) is 13.2. The van der Waals surface area contributed by atoms with Gasteiger partial charge in [-0.3, -0.25) is 14.7 Å². The van der Waals surface area contributed by atoms with Crippen LogP contribution in [0.4, 0.5) is 17.1 Å². The quantitative estimate of drug-likeness (QED) is 0.254. The van der Waals surface area contributed by atoms with Crippen molar-refractivity contribution >= 4 is 39.8 Å². The molecule has 0 spiro atoms. The van der Waals surface area contributed by atoms with Gasteiger partial charge in [0.1, 0.15) is 0 Å². The fourth-order valence-electron chi connectivity index (χ4n) is 4.87. The van der Waals surface area contributed by atoms with Crippen LogP contribution >= 0.6 is 0 Å². The van der Waals surface area contributed by atoms with Crippen LogP contribution in [0.25, 0.3) is 22.0 Å². The highest BCUT2D eigenvalue weighted by Gasteiger charge is 2.14. The molecule has 1 aromatic heterocycles. The topological polar surface area (TPSA) is 99.3 Å². The summed E-state index contributed by atoms with van der Waals surface area (Å²) in [6.07, 6.45) is 1.74. The molecule has 40 heavy (non-hydrogen) atoms. The zero-order valence-electron chi connectivity index (χ0n) is 22.1. The lowest BCUT2D eigenvalue weighted by molar-refractivity contribution is 0.101. The zero-order chi connectivity index (χ0) is 27.5. The molecule has 8 nitrogen and oxygen atoms in total. The number of ether oxygens (including phenoxy) is 1. The van der Waals surface area contributed by atoms with Crippen molar-refractivity contribution in [2.75, 3.05) is 41.8 Å². The number of fused-ring (bicyclic) bond motifs is 1. The molecule has 0 unspecified atom stereocenters. The second kappa shape index (κ2) is 11.0. The van der Waals surface area contributed by atoms with Crippen LogP contribution < -0.4 is 15.5 Å². The Morgan fingerprint density at radius 2 is 1.48 bits per heavy atom. The second-order valence-corrected chi connectivity index (χ2v) is 9.83. The van der Waals surface area contributed by atoms with Crippen molar-refractivity contribution in [2.45, 2.75) is 6.92 Å². The number of hydrogen-bond donors (Lipinski definition) is 3. The van der Waals surface area contributed by atoms with E-state index < -0.39 is 0 Å². The number of aromatic nitrogens is 2. The average Bonchev–Trinajstić information content (AvgIpc) is 3.46. The molecule has 0 bridgehead atoms. The third-order valence-corrected chi connectivity index (χ3v) is 7.16. The van der Waals surface area contributed by atoms with Gasteiger partial charge in [0.05, 0.1) is 24.9 Å². The second-order valence-electron chi connectivity index (χ2n) is 9.83. The standard InChI is InChI=1S/C32H29N5O3/c1-21-2-3-24(32(39)34-26-10-12-28(13-11-26)37-14-16-40-17-15-37)18-29(21)22-4-6-23(7-5-22)31(38)35-27-9-8-25-20-33-36-30(25)19-27/h2-13,18-20H,14-17H2,1H3,(H,33,36)(H,34,39)(H,35,38). The number of aryl methyl sites for hydroxylation is 1. The minimum Gasteiger partial charge on any atom is -0.378 e. The molecule has 6 rings (SSSR count). The maximum atomic E-state index is 13.1. The highest BCUT2D eigenvalue weighted by molar-refractivity contribution is 6.06. The Balaban J connectivity index is 1.13. The summed E-state index contributed by atoms with van der Waals surface area (Å²) in [6.45, 7) is 5.20. The van der Waals surface area contributed by atoms with Crippen LogP contribution in [0.15, 0.2) is 91.1 Å². The number of nitrogens with one attached hydrogen (secondary N) is 3. The summed E-state index contributed by atoms with van der Waals surface area (Å²) < 4.78 is 5.42. The number of aromatic amines is 1. The van der Waals surface area contributed by atoms with E-state index in [2.05, 4.69) is 25.7 Å². The van der Waals surface area contributed by atoms with Crippen molar-refractivity contribution in [1.82, 2.24) is 10.2 Å². The number of morpholine rings is 1. The maximum Gasteiger partial charge on any atom is 0.255 e. The van der Waals surface area contributed by atoms with E-state index in [9.17, 15) is 9.59 Å². The smallest absolute Gasteiger partial charge is 0.255 e.